The summed E-state index contributed by atoms with van der Waals surface area (Å²) in [5, 5.41) is 16.8. The van der Waals surface area contributed by atoms with E-state index in [0.29, 0.717) is 18.0 Å². The Labute approximate surface area is 104 Å². The fourth-order valence-corrected chi connectivity index (χ4v) is 1.86. The molecule has 96 valence electrons. The molecule has 0 atom stereocenters. The number of carbonyl (C=O) groups is 1. The fraction of sp³-hybridized carbons (Fsp3) is 0.417. The number of carboxylic acids is 1. The molecule has 0 bridgehead atoms. The summed E-state index contributed by atoms with van der Waals surface area (Å²) in [5.41, 5.74) is 0.226. The number of furan rings is 1. The Hall–Kier alpha value is -2.11. The third kappa shape index (κ3) is 2.27. The van der Waals surface area contributed by atoms with Gasteiger partial charge in [-0.1, -0.05) is 26.0 Å². The molecule has 6 heteroatoms. The molecule has 0 fully saturated rings. The van der Waals surface area contributed by atoms with Crippen molar-refractivity contribution in [3.8, 4) is 0 Å². The lowest BCUT2D eigenvalue weighted by Gasteiger charge is -2.19. The highest BCUT2D eigenvalue weighted by Gasteiger charge is 2.29. The highest BCUT2D eigenvalue weighted by molar-refractivity contribution is 5.86. The number of aromatic carboxylic acids is 1. The summed E-state index contributed by atoms with van der Waals surface area (Å²) < 4.78 is 6.81. The fourth-order valence-electron chi connectivity index (χ4n) is 1.86. The third-order valence-corrected chi connectivity index (χ3v) is 2.53. The zero-order chi connectivity index (χ0) is 13.3. The summed E-state index contributed by atoms with van der Waals surface area (Å²) in [4.78, 5) is 11.1. The minimum atomic E-state index is -1.06. The van der Waals surface area contributed by atoms with E-state index in [1.165, 1.54) is 0 Å². The minimum absolute atomic E-state index is 0.00550. The maximum Gasteiger partial charge on any atom is 0.358 e. The summed E-state index contributed by atoms with van der Waals surface area (Å²) in [7, 11) is 0. The molecule has 2 rings (SSSR count). The second-order valence-electron chi connectivity index (χ2n) is 5.08. The van der Waals surface area contributed by atoms with Crippen LogP contribution in [0.15, 0.2) is 22.8 Å². The molecule has 0 saturated carbocycles. The average Bonchev–Trinajstić information content (AvgIpc) is 2.85. The Kier molecular flexibility index (Phi) is 2.94. The van der Waals surface area contributed by atoms with Crippen molar-refractivity contribution in [3.63, 3.8) is 0 Å². The van der Waals surface area contributed by atoms with Gasteiger partial charge in [0.05, 0.1) is 12.0 Å². The standard InChI is InChI=1S/C12H15N3O3/c1-12(2,3)10-9(11(16)17)13-14-15(10)7-8-5-4-6-18-8/h4-6H,7H2,1-3H3,(H,16,17). The summed E-state index contributed by atoms with van der Waals surface area (Å²) in [5.74, 6) is -0.354. The van der Waals surface area contributed by atoms with Crippen LogP contribution in [0, 0.1) is 0 Å². The first-order valence-corrected chi connectivity index (χ1v) is 5.59. The molecular weight excluding hydrogens is 234 g/mol. The lowest BCUT2D eigenvalue weighted by molar-refractivity contribution is 0.0687. The molecule has 2 aromatic heterocycles. The van der Waals surface area contributed by atoms with E-state index >= 15 is 0 Å². The van der Waals surface area contributed by atoms with Gasteiger partial charge in [0.15, 0.2) is 5.69 Å². The summed E-state index contributed by atoms with van der Waals surface area (Å²) in [6.07, 6.45) is 1.57. The Bertz CT molecular complexity index is 550. The van der Waals surface area contributed by atoms with Crippen LogP contribution in [-0.4, -0.2) is 26.1 Å². The van der Waals surface area contributed by atoms with Crippen molar-refractivity contribution in [2.45, 2.75) is 32.7 Å². The van der Waals surface area contributed by atoms with Gasteiger partial charge < -0.3 is 9.52 Å². The molecule has 0 aromatic carbocycles. The number of hydrogen-bond donors (Lipinski definition) is 1. The van der Waals surface area contributed by atoms with Gasteiger partial charge in [0.2, 0.25) is 0 Å². The largest absolute Gasteiger partial charge is 0.476 e. The van der Waals surface area contributed by atoms with Crippen molar-refractivity contribution in [1.29, 1.82) is 0 Å². The molecule has 2 heterocycles. The number of rotatable bonds is 3. The summed E-state index contributed by atoms with van der Waals surface area (Å²) in [6.45, 7) is 6.16. The van der Waals surface area contributed by atoms with Crippen molar-refractivity contribution in [2.24, 2.45) is 0 Å². The number of aromatic nitrogens is 3. The first-order chi connectivity index (χ1) is 8.39. The van der Waals surface area contributed by atoms with E-state index in [9.17, 15) is 4.79 Å². The molecule has 0 spiro atoms. The molecular formula is C12H15N3O3. The molecule has 0 aliphatic carbocycles. The van der Waals surface area contributed by atoms with Crippen LogP contribution >= 0.6 is 0 Å². The lowest BCUT2D eigenvalue weighted by Crippen LogP contribution is -2.22. The van der Waals surface area contributed by atoms with Crippen molar-refractivity contribution >= 4 is 5.97 Å². The zero-order valence-electron chi connectivity index (χ0n) is 10.5. The Morgan fingerprint density at radius 1 is 1.50 bits per heavy atom. The second kappa shape index (κ2) is 4.29. The van der Waals surface area contributed by atoms with E-state index in [1.54, 1.807) is 17.0 Å². The van der Waals surface area contributed by atoms with E-state index in [-0.39, 0.29) is 11.1 Å². The quantitative estimate of drug-likeness (QED) is 0.898. The molecule has 18 heavy (non-hydrogen) atoms. The number of nitrogens with zero attached hydrogens (tertiary/aromatic N) is 3. The van der Waals surface area contributed by atoms with Crippen LogP contribution in [0.3, 0.4) is 0 Å². The molecule has 0 aliphatic heterocycles. The van der Waals surface area contributed by atoms with E-state index in [4.69, 9.17) is 9.52 Å². The molecule has 0 amide bonds. The Balaban J connectivity index is 2.45. The second-order valence-corrected chi connectivity index (χ2v) is 5.08. The topological polar surface area (TPSA) is 81.1 Å². The van der Waals surface area contributed by atoms with Crippen molar-refractivity contribution < 1.29 is 14.3 Å². The van der Waals surface area contributed by atoms with Crippen LogP contribution in [-0.2, 0) is 12.0 Å². The summed E-state index contributed by atoms with van der Waals surface area (Å²) >= 11 is 0. The van der Waals surface area contributed by atoms with Crippen LogP contribution in [0.25, 0.3) is 0 Å². The number of carboxylic acid groups (broad SMARTS) is 1. The minimum Gasteiger partial charge on any atom is -0.476 e. The van der Waals surface area contributed by atoms with E-state index in [0.717, 1.165) is 0 Å². The molecule has 0 aliphatic rings. The van der Waals surface area contributed by atoms with Gasteiger partial charge in [-0.25, -0.2) is 9.48 Å². The highest BCUT2D eigenvalue weighted by Crippen LogP contribution is 2.25. The van der Waals surface area contributed by atoms with Crippen LogP contribution in [0.1, 0.15) is 42.7 Å². The van der Waals surface area contributed by atoms with Gasteiger partial charge in [0.25, 0.3) is 0 Å². The van der Waals surface area contributed by atoms with Gasteiger partial charge in [-0.15, -0.1) is 5.10 Å². The van der Waals surface area contributed by atoms with Crippen LogP contribution < -0.4 is 0 Å². The molecule has 6 nitrogen and oxygen atoms in total. The Morgan fingerprint density at radius 3 is 2.72 bits per heavy atom. The van der Waals surface area contributed by atoms with Crippen LogP contribution in [0.2, 0.25) is 0 Å². The first-order valence-electron chi connectivity index (χ1n) is 5.59. The van der Waals surface area contributed by atoms with Gasteiger partial charge in [-0.2, -0.15) is 0 Å². The van der Waals surface area contributed by atoms with E-state index in [1.807, 2.05) is 26.8 Å². The SMILES string of the molecule is CC(C)(C)c1c(C(=O)O)nnn1Cc1ccco1. The van der Waals surface area contributed by atoms with Gasteiger partial charge in [0.1, 0.15) is 12.3 Å². The van der Waals surface area contributed by atoms with E-state index < -0.39 is 5.97 Å². The number of hydrogen-bond acceptors (Lipinski definition) is 4. The zero-order valence-corrected chi connectivity index (χ0v) is 10.5. The molecule has 1 N–H and O–H groups in total. The monoisotopic (exact) mass is 249 g/mol. The molecule has 0 saturated heterocycles. The Morgan fingerprint density at radius 2 is 2.22 bits per heavy atom. The maximum atomic E-state index is 11.1. The molecule has 0 radical (unpaired) electrons. The normalized spacial score (nSPS) is 11.7. The third-order valence-electron chi connectivity index (χ3n) is 2.53. The van der Waals surface area contributed by atoms with Gasteiger partial charge in [-0.3, -0.25) is 0 Å². The van der Waals surface area contributed by atoms with Gasteiger partial charge in [-0.05, 0) is 12.1 Å². The van der Waals surface area contributed by atoms with Crippen molar-refractivity contribution in [3.05, 3.63) is 35.5 Å². The summed E-state index contributed by atoms with van der Waals surface area (Å²) in [6, 6.07) is 3.59. The van der Waals surface area contributed by atoms with E-state index in [2.05, 4.69) is 10.3 Å². The first kappa shape index (κ1) is 12.3. The predicted octanol–water partition coefficient (Wildman–Crippen LogP) is 1.92. The van der Waals surface area contributed by atoms with Crippen LogP contribution in [0.4, 0.5) is 0 Å². The van der Waals surface area contributed by atoms with Gasteiger partial charge in [0, 0.05) is 5.41 Å². The molecule has 0 unspecified atom stereocenters. The highest BCUT2D eigenvalue weighted by atomic mass is 16.4. The van der Waals surface area contributed by atoms with Crippen LogP contribution in [0.5, 0.6) is 0 Å². The van der Waals surface area contributed by atoms with Crippen molar-refractivity contribution in [1.82, 2.24) is 15.0 Å². The van der Waals surface area contributed by atoms with Gasteiger partial charge >= 0.3 is 5.97 Å². The van der Waals surface area contributed by atoms with Crippen molar-refractivity contribution in [2.75, 3.05) is 0 Å². The molecule has 2 aromatic rings. The smallest absolute Gasteiger partial charge is 0.358 e. The maximum absolute atomic E-state index is 11.1. The predicted molar refractivity (Wildman–Crippen MR) is 63.5 cm³/mol. The average molecular weight is 249 g/mol. The lowest BCUT2D eigenvalue weighted by atomic mass is 9.90.